The molecule has 0 spiro atoms. The fraction of sp³-hybridized carbons (Fsp3) is 0.208. The molecule has 3 aromatic rings. The summed E-state index contributed by atoms with van der Waals surface area (Å²) in [6.45, 7) is 4.99. The van der Waals surface area contributed by atoms with Crippen molar-refractivity contribution in [3.63, 3.8) is 0 Å². The molecule has 29 heavy (non-hydrogen) atoms. The first-order valence-corrected chi connectivity index (χ1v) is 9.68. The lowest BCUT2D eigenvalue weighted by Crippen LogP contribution is -2.20. The summed E-state index contributed by atoms with van der Waals surface area (Å²) >= 11 is 0. The summed E-state index contributed by atoms with van der Waals surface area (Å²) in [6.07, 6.45) is 0. The average Bonchev–Trinajstić information content (AvgIpc) is 2.72. The van der Waals surface area contributed by atoms with E-state index in [0.717, 1.165) is 22.5 Å². The highest BCUT2D eigenvalue weighted by Crippen LogP contribution is 2.29. The molecule has 0 aliphatic carbocycles. The molecule has 0 saturated carbocycles. The average molecular weight is 390 g/mol. The van der Waals surface area contributed by atoms with E-state index in [9.17, 15) is 4.79 Å². The SMILES string of the molecule is CCOc1cc(CNc2ccccc2)ccc1OCC(=O)Nc1cccc(C)c1. The second-order valence-corrected chi connectivity index (χ2v) is 6.64. The van der Waals surface area contributed by atoms with Gasteiger partial charge in [0.25, 0.3) is 5.91 Å². The minimum atomic E-state index is -0.215. The minimum Gasteiger partial charge on any atom is -0.490 e. The van der Waals surface area contributed by atoms with Crippen LogP contribution in [-0.4, -0.2) is 19.1 Å². The molecule has 150 valence electrons. The maximum Gasteiger partial charge on any atom is 0.262 e. The maximum atomic E-state index is 12.2. The molecule has 0 aromatic heterocycles. The molecule has 0 saturated heterocycles. The minimum absolute atomic E-state index is 0.0877. The predicted octanol–water partition coefficient (Wildman–Crippen LogP) is 5.02. The molecule has 0 radical (unpaired) electrons. The van der Waals surface area contributed by atoms with Gasteiger partial charge in [0.15, 0.2) is 18.1 Å². The number of benzene rings is 3. The van der Waals surface area contributed by atoms with E-state index in [4.69, 9.17) is 9.47 Å². The molecule has 5 nitrogen and oxygen atoms in total. The number of hydrogen-bond acceptors (Lipinski definition) is 4. The molecule has 0 bridgehead atoms. The van der Waals surface area contributed by atoms with Crippen LogP contribution in [0.5, 0.6) is 11.5 Å². The molecule has 0 atom stereocenters. The van der Waals surface area contributed by atoms with Gasteiger partial charge in [0, 0.05) is 17.9 Å². The third-order valence-electron chi connectivity index (χ3n) is 4.24. The molecule has 5 heteroatoms. The topological polar surface area (TPSA) is 59.6 Å². The summed E-state index contributed by atoms with van der Waals surface area (Å²) in [5.74, 6) is 0.964. The Morgan fingerprint density at radius 1 is 0.862 bits per heavy atom. The van der Waals surface area contributed by atoms with E-state index >= 15 is 0 Å². The van der Waals surface area contributed by atoms with E-state index in [0.29, 0.717) is 24.7 Å². The van der Waals surface area contributed by atoms with Crippen molar-refractivity contribution in [2.45, 2.75) is 20.4 Å². The predicted molar refractivity (Wildman–Crippen MR) is 117 cm³/mol. The van der Waals surface area contributed by atoms with Crippen LogP contribution in [0.25, 0.3) is 0 Å². The van der Waals surface area contributed by atoms with Gasteiger partial charge in [0.2, 0.25) is 0 Å². The van der Waals surface area contributed by atoms with Crippen LogP contribution in [0.4, 0.5) is 11.4 Å². The van der Waals surface area contributed by atoms with Crippen LogP contribution in [0, 0.1) is 6.92 Å². The Morgan fingerprint density at radius 2 is 1.66 bits per heavy atom. The molecule has 1 amide bonds. The monoisotopic (exact) mass is 390 g/mol. The Hall–Kier alpha value is -3.47. The highest BCUT2D eigenvalue weighted by atomic mass is 16.5. The van der Waals surface area contributed by atoms with Gasteiger partial charge in [-0.1, -0.05) is 36.4 Å². The van der Waals surface area contributed by atoms with Gasteiger partial charge in [-0.2, -0.15) is 0 Å². The normalized spacial score (nSPS) is 10.3. The fourth-order valence-corrected chi connectivity index (χ4v) is 2.87. The zero-order valence-electron chi connectivity index (χ0n) is 16.8. The molecule has 3 aromatic carbocycles. The second-order valence-electron chi connectivity index (χ2n) is 6.64. The summed E-state index contributed by atoms with van der Waals surface area (Å²) in [6, 6.07) is 23.4. The van der Waals surface area contributed by atoms with Crippen molar-refractivity contribution in [3.05, 3.63) is 83.9 Å². The number of aryl methyl sites for hydroxylation is 1. The van der Waals surface area contributed by atoms with Gasteiger partial charge in [-0.05, 0) is 61.4 Å². The van der Waals surface area contributed by atoms with Crippen molar-refractivity contribution < 1.29 is 14.3 Å². The van der Waals surface area contributed by atoms with Crippen LogP contribution in [0.15, 0.2) is 72.8 Å². The lowest BCUT2D eigenvalue weighted by molar-refractivity contribution is -0.118. The van der Waals surface area contributed by atoms with Crippen LogP contribution in [-0.2, 0) is 11.3 Å². The molecule has 0 unspecified atom stereocenters. The van der Waals surface area contributed by atoms with E-state index in [-0.39, 0.29) is 12.5 Å². The lowest BCUT2D eigenvalue weighted by Gasteiger charge is -2.14. The molecule has 2 N–H and O–H groups in total. The first kappa shape index (κ1) is 20.3. The van der Waals surface area contributed by atoms with E-state index in [1.807, 2.05) is 86.6 Å². The van der Waals surface area contributed by atoms with E-state index in [2.05, 4.69) is 10.6 Å². The van der Waals surface area contributed by atoms with Gasteiger partial charge in [0.1, 0.15) is 0 Å². The van der Waals surface area contributed by atoms with Crippen molar-refractivity contribution in [1.29, 1.82) is 0 Å². The number of para-hydroxylation sites is 1. The molecule has 0 aliphatic rings. The third kappa shape index (κ3) is 6.28. The molecule has 0 heterocycles. The van der Waals surface area contributed by atoms with Gasteiger partial charge < -0.3 is 20.1 Å². The number of nitrogens with one attached hydrogen (secondary N) is 2. The first-order valence-electron chi connectivity index (χ1n) is 9.68. The Morgan fingerprint density at radius 3 is 2.41 bits per heavy atom. The summed E-state index contributed by atoms with van der Waals surface area (Å²) < 4.78 is 11.4. The maximum absolute atomic E-state index is 12.2. The van der Waals surface area contributed by atoms with Gasteiger partial charge in [-0.15, -0.1) is 0 Å². The Kier molecular flexibility index (Phi) is 7.11. The van der Waals surface area contributed by atoms with Gasteiger partial charge in [-0.25, -0.2) is 0 Å². The van der Waals surface area contributed by atoms with Crippen molar-refractivity contribution in [3.8, 4) is 11.5 Å². The number of ether oxygens (including phenoxy) is 2. The second kappa shape index (κ2) is 10.2. The number of anilines is 2. The lowest BCUT2D eigenvalue weighted by atomic mass is 10.2. The quantitative estimate of drug-likeness (QED) is 0.538. The summed E-state index contributed by atoms with van der Waals surface area (Å²) in [4.78, 5) is 12.2. The Labute approximate surface area is 171 Å². The van der Waals surface area contributed by atoms with Crippen LogP contribution >= 0.6 is 0 Å². The largest absolute Gasteiger partial charge is 0.490 e. The zero-order valence-corrected chi connectivity index (χ0v) is 16.8. The van der Waals surface area contributed by atoms with Crippen LogP contribution < -0.4 is 20.1 Å². The molecular weight excluding hydrogens is 364 g/mol. The number of rotatable bonds is 9. The molecule has 0 aliphatic heterocycles. The number of amides is 1. The van der Waals surface area contributed by atoms with Crippen molar-refractivity contribution in [2.24, 2.45) is 0 Å². The standard InChI is InChI=1S/C24H26N2O3/c1-3-28-23-15-19(16-25-20-9-5-4-6-10-20)12-13-22(23)29-17-24(27)26-21-11-7-8-18(2)14-21/h4-15,25H,3,16-17H2,1-2H3,(H,26,27). The molecular formula is C24H26N2O3. The number of hydrogen-bond donors (Lipinski definition) is 2. The summed E-state index contributed by atoms with van der Waals surface area (Å²) in [5.41, 5.74) is 3.96. The summed E-state index contributed by atoms with van der Waals surface area (Å²) in [5, 5.41) is 6.21. The highest BCUT2D eigenvalue weighted by Gasteiger charge is 2.10. The van der Waals surface area contributed by atoms with Crippen molar-refractivity contribution in [1.82, 2.24) is 0 Å². The molecule has 3 rings (SSSR count). The zero-order chi connectivity index (χ0) is 20.5. The van der Waals surface area contributed by atoms with Crippen LogP contribution in [0.2, 0.25) is 0 Å². The van der Waals surface area contributed by atoms with Gasteiger partial charge in [-0.3, -0.25) is 4.79 Å². The fourth-order valence-electron chi connectivity index (χ4n) is 2.87. The summed E-state index contributed by atoms with van der Waals surface area (Å²) in [7, 11) is 0. The third-order valence-corrected chi connectivity index (χ3v) is 4.24. The van der Waals surface area contributed by atoms with Crippen LogP contribution in [0.3, 0.4) is 0 Å². The van der Waals surface area contributed by atoms with E-state index < -0.39 is 0 Å². The van der Waals surface area contributed by atoms with Gasteiger partial charge >= 0.3 is 0 Å². The van der Waals surface area contributed by atoms with Crippen molar-refractivity contribution in [2.75, 3.05) is 23.8 Å². The smallest absolute Gasteiger partial charge is 0.262 e. The molecule has 0 fully saturated rings. The first-order chi connectivity index (χ1) is 14.1. The Balaban J connectivity index is 1.60. The van der Waals surface area contributed by atoms with E-state index in [1.54, 1.807) is 0 Å². The van der Waals surface area contributed by atoms with E-state index in [1.165, 1.54) is 0 Å². The number of carbonyl (C=O) groups excluding carboxylic acids is 1. The van der Waals surface area contributed by atoms with Crippen LogP contribution in [0.1, 0.15) is 18.1 Å². The van der Waals surface area contributed by atoms with Gasteiger partial charge in [0.05, 0.1) is 6.61 Å². The Bertz CT molecular complexity index is 942. The van der Waals surface area contributed by atoms with Crippen molar-refractivity contribution >= 4 is 17.3 Å². The highest BCUT2D eigenvalue weighted by molar-refractivity contribution is 5.91. The number of carbonyl (C=O) groups is 1.